The first-order valence-corrected chi connectivity index (χ1v) is 7.20. The minimum Gasteiger partial charge on any atom is -0.493 e. The summed E-state index contributed by atoms with van der Waals surface area (Å²) >= 11 is 5.86. The Morgan fingerprint density at radius 1 is 1.29 bits per heavy atom. The molecule has 0 bridgehead atoms. The molecule has 24 heavy (non-hydrogen) atoms. The molecule has 0 radical (unpaired) electrons. The molecule has 6 nitrogen and oxygen atoms in total. The van der Waals surface area contributed by atoms with Crippen LogP contribution in [-0.4, -0.2) is 25.9 Å². The third-order valence-corrected chi connectivity index (χ3v) is 3.29. The van der Waals surface area contributed by atoms with Crippen LogP contribution in [0.5, 0.6) is 11.5 Å². The third kappa shape index (κ3) is 4.24. The Morgan fingerprint density at radius 2 is 2.08 bits per heavy atom. The van der Waals surface area contributed by atoms with Crippen LogP contribution in [0.4, 0.5) is 5.69 Å². The van der Waals surface area contributed by atoms with Gasteiger partial charge in [-0.05, 0) is 36.4 Å². The summed E-state index contributed by atoms with van der Waals surface area (Å²) in [7, 11) is 1.45. The number of nitrogens with one attached hydrogen (secondary N) is 1. The molecule has 1 N–H and O–H groups in total. The number of hydrogen-bond donors (Lipinski definition) is 1. The largest absolute Gasteiger partial charge is 0.493 e. The van der Waals surface area contributed by atoms with Gasteiger partial charge in [0.15, 0.2) is 18.1 Å². The molecule has 0 heterocycles. The van der Waals surface area contributed by atoms with Gasteiger partial charge in [-0.3, -0.25) is 9.59 Å². The van der Waals surface area contributed by atoms with Crippen LogP contribution in [0.3, 0.4) is 0 Å². The lowest BCUT2D eigenvalue weighted by Crippen LogP contribution is -2.21. The fourth-order valence-corrected chi connectivity index (χ4v) is 2.10. The first-order chi connectivity index (χ1) is 11.6. The van der Waals surface area contributed by atoms with E-state index in [1.165, 1.54) is 25.3 Å². The van der Waals surface area contributed by atoms with E-state index in [1.807, 2.05) is 6.07 Å². The highest BCUT2D eigenvalue weighted by Crippen LogP contribution is 2.27. The highest BCUT2D eigenvalue weighted by Gasteiger charge is 2.11. The number of carbonyl (C=O) groups excluding carboxylic acids is 2. The lowest BCUT2D eigenvalue weighted by atomic mass is 10.2. The van der Waals surface area contributed by atoms with Crippen molar-refractivity contribution in [3.05, 3.63) is 52.5 Å². The zero-order valence-electron chi connectivity index (χ0n) is 12.7. The molecule has 0 aliphatic carbocycles. The Bertz CT molecular complexity index is 815. The number of anilines is 1. The second-order valence-corrected chi connectivity index (χ2v) is 5.10. The van der Waals surface area contributed by atoms with Crippen molar-refractivity contribution in [2.45, 2.75) is 0 Å². The average molecular weight is 345 g/mol. The summed E-state index contributed by atoms with van der Waals surface area (Å²) in [4.78, 5) is 22.8. The first-order valence-electron chi connectivity index (χ1n) is 6.83. The van der Waals surface area contributed by atoms with Gasteiger partial charge in [0.2, 0.25) is 0 Å². The molecule has 122 valence electrons. The van der Waals surface area contributed by atoms with E-state index in [2.05, 4.69) is 5.32 Å². The van der Waals surface area contributed by atoms with E-state index in [0.717, 1.165) is 0 Å². The van der Waals surface area contributed by atoms with Gasteiger partial charge in [0.05, 0.1) is 18.4 Å². The van der Waals surface area contributed by atoms with Crippen LogP contribution in [0.15, 0.2) is 36.4 Å². The SMILES string of the molecule is COc1ccc(C=O)cc1OCC(=O)Nc1cc(Cl)ccc1C#N. The fraction of sp³-hybridized carbons (Fsp3) is 0.118. The van der Waals surface area contributed by atoms with Crippen LogP contribution in [0.1, 0.15) is 15.9 Å². The Hall–Kier alpha value is -3.04. The summed E-state index contributed by atoms with van der Waals surface area (Å²) in [5, 5.41) is 12.0. The number of halogens is 1. The second kappa shape index (κ2) is 7.99. The van der Waals surface area contributed by atoms with E-state index < -0.39 is 5.91 Å². The van der Waals surface area contributed by atoms with Gasteiger partial charge < -0.3 is 14.8 Å². The van der Waals surface area contributed by atoms with Gasteiger partial charge in [-0.25, -0.2) is 0 Å². The van der Waals surface area contributed by atoms with Crippen molar-refractivity contribution in [3.8, 4) is 17.6 Å². The highest BCUT2D eigenvalue weighted by molar-refractivity contribution is 6.31. The zero-order valence-corrected chi connectivity index (χ0v) is 13.5. The molecule has 0 saturated carbocycles. The predicted molar refractivity (Wildman–Crippen MR) is 88.7 cm³/mol. The topological polar surface area (TPSA) is 88.4 Å². The normalized spacial score (nSPS) is 9.71. The van der Waals surface area contributed by atoms with Crippen molar-refractivity contribution >= 4 is 29.5 Å². The number of methoxy groups -OCH3 is 1. The third-order valence-electron chi connectivity index (χ3n) is 3.06. The van der Waals surface area contributed by atoms with Crippen molar-refractivity contribution in [1.29, 1.82) is 5.26 Å². The Morgan fingerprint density at radius 3 is 2.75 bits per heavy atom. The Kier molecular flexibility index (Phi) is 5.77. The van der Waals surface area contributed by atoms with Gasteiger partial charge >= 0.3 is 0 Å². The van der Waals surface area contributed by atoms with E-state index in [4.69, 9.17) is 26.3 Å². The number of hydrogen-bond acceptors (Lipinski definition) is 5. The Balaban J connectivity index is 2.08. The standard InChI is InChI=1S/C17H13ClN2O4/c1-23-15-5-2-11(9-21)6-16(15)24-10-17(22)20-14-7-13(18)4-3-12(14)8-19/h2-7,9H,10H2,1H3,(H,20,22). The van der Waals surface area contributed by atoms with Crippen LogP contribution in [-0.2, 0) is 4.79 Å². The van der Waals surface area contributed by atoms with E-state index in [1.54, 1.807) is 18.2 Å². The number of rotatable bonds is 6. The maximum atomic E-state index is 12.0. The molecular weight excluding hydrogens is 332 g/mol. The summed E-state index contributed by atoms with van der Waals surface area (Å²) in [6.07, 6.45) is 0.664. The maximum Gasteiger partial charge on any atom is 0.262 e. The van der Waals surface area contributed by atoms with Crippen molar-refractivity contribution in [1.82, 2.24) is 0 Å². The predicted octanol–water partition coefficient (Wildman–Crippen LogP) is 3.05. The number of nitriles is 1. The summed E-state index contributed by atoms with van der Waals surface area (Å²) in [6.45, 7) is -0.323. The molecule has 2 aromatic carbocycles. The van der Waals surface area contributed by atoms with Gasteiger partial charge in [0, 0.05) is 10.6 Å². The molecule has 0 aromatic heterocycles. The lowest BCUT2D eigenvalue weighted by Gasteiger charge is -2.12. The summed E-state index contributed by atoms with van der Waals surface area (Å²) in [5.41, 5.74) is 0.980. The molecule has 0 saturated heterocycles. The molecule has 2 aromatic rings. The molecule has 7 heteroatoms. The number of nitrogens with zero attached hydrogens (tertiary/aromatic N) is 1. The minimum atomic E-state index is -0.479. The van der Waals surface area contributed by atoms with E-state index in [0.29, 0.717) is 28.3 Å². The number of amides is 1. The summed E-state index contributed by atoms with van der Waals surface area (Å²) in [5.74, 6) is 0.185. The van der Waals surface area contributed by atoms with Crippen LogP contribution < -0.4 is 14.8 Å². The van der Waals surface area contributed by atoms with Gasteiger partial charge in [0.1, 0.15) is 12.4 Å². The minimum absolute atomic E-state index is 0.267. The van der Waals surface area contributed by atoms with Crippen LogP contribution in [0.2, 0.25) is 5.02 Å². The van der Waals surface area contributed by atoms with Crippen molar-refractivity contribution in [3.63, 3.8) is 0 Å². The number of carbonyl (C=O) groups is 2. The zero-order chi connectivity index (χ0) is 17.5. The van der Waals surface area contributed by atoms with Crippen molar-refractivity contribution in [2.75, 3.05) is 19.0 Å². The Labute approximate surface area is 143 Å². The summed E-state index contributed by atoms with van der Waals surface area (Å²) in [6, 6.07) is 11.1. The lowest BCUT2D eigenvalue weighted by molar-refractivity contribution is -0.118. The first kappa shape index (κ1) is 17.3. The molecule has 0 aliphatic heterocycles. The highest BCUT2D eigenvalue weighted by atomic mass is 35.5. The van der Waals surface area contributed by atoms with Gasteiger partial charge in [-0.1, -0.05) is 11.6 Å². The van der Waals surface area contributed by atoms with Crippen molar-refractivity contribution < 1.29 is 19.1 Å². The monoisotopic (exact) mass is 344 g/mol. The van der Waals surface area contributed by atoms with E-state index in [9.17, 15) is 9.59 Å². The fourth-order valence-electron chi connectivity index (χ4n) is 1.93. The molecule has 0 aliphatic rings. The molecule has 0 spiro atoms. The van der Waals surface area contributed by atoms with E-state index in [-0.39, 0.29) is 17.9 Å². The van der Waals surface area contributed by atoms with Gasteiger partial charge in [-0.15, -0.1) is 0 Å². The maximum absolute atomic E-state index is 12.0. The molecule has 0 atom stereocenters. The smallest absolute Gasteiger partial charge is 0.262 e. The number of aldehydes is 1. The second-order valence-electron chi connectivity index (χ2n) is 4.67. The molecule has 2 rings (SSSR count). The van der Waals surface area contributed by atoms with Crippen LogP contribution >= 0.6 is 11.6 Å². The van der Waals surface area contributed by atoms with Crippen LogP contribution in [0, 0.1) is 11.3 Å². The van der Waals surface area contributed by atoms with Crippen LogP contribution in [0.25, 0.3) is 0 Å². The molecule has 0 fully saturated rings. The molecule has 0 unspecified atom stereocenters. The average Bonchev–Trinajstić information content (AvgIpc) is 2.59. The number of benzene rings is 2. The molecular formula is C17H13ClN2O4. The summed E-state index contributed by atoms with van der Waals surface area (Å²) < 4.78 is 10.5. The van der Waals surface area contributed by atoms with Gasteiger partial charge in [-0.2, -0.15) is 5.26 Å². The quantitative estimate of drug-likeness (QED) is 0.813. The van der Waals surface area contributed by atoms with Crippen molar-refractivity contribution in [2.24, 2.45) is 0 Å². The van der Waals surface area contributed by atoms with Gasteiger partial charge in [0.25, 0.3) is 5.91 Å². The number of ether oxygens (including phenoxy) is 2. The van der Waals surface area contributed by atoms with E-state index >= 15 is 0 Å². The molecule has 1 amide bonds.